The monoisotopic (exact) mass is 255 g/mol. The maximum atomic E-state index is 11.5. The third kappa shape index (κ3) is 2.62. The van der Waals surface area contributed by atoms with Gasteiger partial charge in [0.1, 0.15) is 6.61 Å². The summed E-state index contributed by atoms with van der Waals surface area (Å²) in [6.45, 7) is 4.44. The molecule has 0 saturated carbocycles. The molecule has 0 aliphatic rings. The second-order valence-corrected chi connectivity index (χ2v) is 4.88. The third-order valence-corrected chi connectivity index (χ3v) is 3.27. The number of nitrogens with zero attached hydrogens (tertiary/aromatic N) is 3. The maximum Gasteiger partial charge on any atom is 0.437 e. The zero-order valence-corrected chi connectivity index (χ0v) is 10.7. The lowest BCUT2D eigenvalue weighted by Crippen LogP contribution is -2.16. The molecule has 0 spiro atoms. The van der Waals surface area contributed by atoms with Crippen LogP contribution in [0.1, 0.15) is 21.5 Å². The average molecular weight is 255 g/mol. The summed E-state index contributed by atoms with van der Waals surface area (Å²) in [5.41, 5.74) is 0.927. The van der Waals surface area contributed by atoms with Gasteiger partial charge in [0.15, 0.2) is 0 Å². The van der Waals surface area contributed by atoms with Crippen LogP contribution >= 0.6 is 11.3 Å². The molecule has 2 aromatic rings. The van der Waals surface area contributed by atoms with Crippen molar-refractivity contribution in [2.24, 2.45) is 0 Å². The van der Waals surface area contributed by atoms with Gasteiger partial charge in [-0.15, -0.1) is 16.4 Å². The van der Waals surface area contributed by atoms with Crippen molar-refractivity contribution in [2.75, 3.05) is 7.11 Å². The maximum absolute atomic E-state index is 11.5. The Morgan fingerprint density at radius 1 is 1.47 bits per heavy atom. The molecule has 0 saturated heterocycles. The Bertz CT molecular complexity index is 570. The summed E-state index contributed by atoms with van der Waals surface area (Å²) in [4.78, 5) is 16.8. The first-order chi connectivity index (χ1) is 8.10. The van der Waals surface area contributed by atoms with Gasteiger partial charge in [-0.3, -0.25) is 0 Å². The molecule has 92 valence electrons. The van der Waals surface area contributed by atoms with Gasteiger partial charge in [-0.2, -0.15) is 4.68 Å². The first-order valence-corrected chi connectivity index (χ1v) is 5.90. The van der Waals surface area contributed by atoms with E-state index < -0.39 is 5.76 Å². The van der Waals surface area contributed by atoms with Crippen LogP contribution in [0, 0.1) is 13.8 Å². The van der Waals surface area contributed by atoms with Crippen LogP contribution in [0.4, 0.5) is 0 Å². The molecule has 0 aliphatic carbocycles. The molecular formula is C10H13N3O3S. The van der Waals surface area contributed by atoms with Crippen LogP contribution in [0.2, 0.25) is 0 Å². The fraction of sp³-hybridized carbons (Fsp3) is 0.500. The molecule has 0 fully saturated rings. The van der Waals surface area contributed by atoms with Crippen molar-refractivity contribution in [3.8, 4) is 0 Å². The summed E-state index contributed by atoms with van der Waals surface area (Å²) in [6, 6.07) is 0. The van der Waals surface area contributed by atoms with Gasteiger partial charge in [-0.25, -0.2) is 9.78 Å². The fourth-order valence-electron chi connectivity index (χ4n) is 1.49. The highest BCUT2D eigenvalue weighted by Gasteiger charge is 2.11. The molecule has 0 aliphatic heterocycles. The van der Waals surface area contributed by atoms with Crippen molar-refractivity contribution >= 4 is 11.3 Å². The van der Waals surface area contributed by atoms with Crippen molar-refractivity contribution < 1.29 is 9.15 Å². The molecule has 2 aromatic heterocycles. The highest BCUT2D eigenvalue weighted by atomic mass is 32.1. The highest BCUT2D eigenvalue weighted by molar-refractivity contribution is 7.11. The van der Waals surface area contributed by atoms with Gasteiger partial charge in [-0.05, 0) is 13.8 Å². The minimum absolute atomic E-state index is 0.197. The van der Waals surface area contributed by atoms with Crippen LogP contribution in [0.5, 0.6) is 0 Å². The summed E-state index contributed by atoms with van der Waals surface area (Å²) in [5, 5.41) is 5.01. The van der Waals surface area contributed by atoms with E-state index >= 15 is 0 Å². The van der Waals surface area contributed by atoms with Gasteiger partial charge in [0.25, 0.3) is 0 Å². The molecule has 0 amide bonds. The van der Waals surface area contributed by atoms with Crippen LogP contribution in [0.25, 0.3) is 0 Å². The summed E-state index contributed by atoms with van der Waals surface area (Å²) >= 11 is 1.56. The van der Waals surface area contributed by atoms with E-state index in [1.807, 2.05) is 13.8 Å². The number of aryl methyl sites for hydroxylation is 2. The molecule has 0 unspecified atom stereocenters. The van der Waals surface area contributed by atoms with Gasteiger partial charge in [-0.1, -0.05) is 0 Å². The first kappa shape index (κ1) is 12.0. The Morgan fingerprint density at radius 2 is 2.24 bits per heavy atom. The number of rotatable bonds is 4. The summed E-state index contributed by atoms with van der Waals surface area (Å²) in [7, 11) is 1.52. The fourth-order valence-corrected chi connectivity index (χ4v) is 2.41. The quantitative estimate of drug-likeness (QED) is 0.818. The van der Waals surface area contributed by atoms with Gasteiger partial charge in [0, 0.05) is 12.0 Å². The normalized spacial score (nSPS) is 11.0. The van der Waals surface area contributed by atoms with E-state index in [0.29, 0.717) is 6.54 Å². The van der Waals surface area contributed by atoms with Crippen molar-refractivity contribution in [3.63, 3.8) is 0 Å². The lowest BCUT2D eigenvalue weighted by molar-refractivity contribution is 0.158. The second-order valence-electron chi connectivity index (χ2n) is 3.59. The number of hydrogen-bond donors (Lipinski definition) is 0. The van der Waals surface area contributed by atoms with E-state index in [1.54, 1.807) is 11.3 Å². The number of hydrogen-bond acceptors (Lipinski definition) is 6. The number of thiazole rings is 1. The number of aromatic nitrogens is 3. The van der Waals surface area contributed by atoms with Crippen molar-refractivity contribution in [1.82, 2.24) is 14.8 Å². The zero-order chi connectivity index (χ0) is 12.4. The molecule has 0 bridgehead atoms. The predicted octanol–water partition coefficient (Wildman–Crippen LogP) is 1.10. The Hall–Kier alpha value is -1.47. The SMILES string of the molecule is COCc1nn(Cc2sc(C)nc2C)c(=O)o1. The molecule has 17 heavy (non-hydrogen) atoms. The molecule has 7 heteroatoms. The Labute approximate surface area is 102 Å². The minimum Gasteiger partial charge on any atom is -0.390 e. The number of ether oxygens (including phenoxy) is 1. The minimum atomic E-state index is -0.470. The van der Waals surface area contributed by atoms with Gasteiger partial charge < -0.3 is 9.15 Å². The average Bonchev–Trinajstić information content (AvgIpc) is 2.73. The summed E-state index contributed by atoms with van der Waals surface area (Å²) < 4.78 is 11.1. The topological polar surface area (TPSA) is 70.2 Å². The van der Waals surface area contributed by atoms with E-state index in [1.165, 1.54) is 11.8 Å². The molecule has 0 atom stereocenters. The summed E-state index contributed by atoms with van der Waals surface area (Å²) in [6.07, 6.45) is 0. The molecule has 2 rings (SSSR count). The van der Waals surface area contributed by atoms with Crippen molar-refractivity contribution in [1.29, 1.82) is 0 Å². The van der Waals surface area contributed by atoms with E-state index in [9.17, 15) is 4.79 Å². The Balaban J connectivity index is 2.24. The molecular weight excluding hydrogens is 242 g/mol. The lowest BCUT2D eigenvalue weighted by atomic mass is 10.4. The Morgan fingerprint density at radius 3 is 2.82 bits per heavy atom. The molecule has 0 aromatic carbocycles. The lowest BCUT2D eigenvalue weighted by Gasteiger charge is -1.95. The van der Waals surface area contributed by atoms with Gasteiger partial charge >= 0.3 is 5.76 Å². The summed E-state index contributed by atoms with van der Waals surface area (Å²) in [5.74, 6) is -0.182. The van der Waals surface area contributed by atoms with Crippen molar-refractivity contribution in [2.45, 2.75) is 27.0 Å². The van der Waals surface area contributed by atoms with E-state index in [0.717, 1.165) is 15.6 Å². The third-order valence-electron chi connectivity index (χ3n) is 2.21. The predicted molar refractivity (Wildman–Crippen MR) is 62.2 cm³/mol. The smallest absolute Gasteiger partial charge is 0.390 e. The van der Waals surface area contributed by atoms with Crippen LogP contribution in [0.15, 0.2) is 9.21 Å². The number of methoxy groups -OCH3 is 1. The van der Waals surface area contributed by atoms with Crippen molar-refractivity contribution in [3.05, 3.63) is 32.0 Å². The van der Waals surface area contributed by atoms with Crippen LogP contribution in [-0.2, 0) is 17.9 Å². The highest BCUT2D eigenvalue weighted by Crippen LogP contribution is 2.17. The standard InChI is InChI=1S/C10H13N3O3S/c1-6-8(17-7(2)11-6)4-13-10(14)16-9(12-13)5-15-3/h4-5H2,1-3H3. The first-order valence-electron chi connectivity index (χ1n) is 5.09. The largest absolute Gasteiger partial charge is 0.437 e. The van der Waals surface area contributed by atoms with E-state index in [-0.39, 0.29) is 12.5 Å². The van der Waals surface area contributed by atoms with Crippen LogP contribution < -0.4 is 5.76 Å². The zero-order valence-electron chi connectivity index (χ0n) is 9.89. The van der Waals surface area contributed by atoms with E-state index in [4.69, 9.17) is 9.15 Å². The van der Waals surface area contributed by atoms with E-state index in [2.05, 4.69) is 10.1 Å². The Kier molecular flexibility index (Phi) is 3.39. The van der Waals surface area contributed by atoms with Gasteiger partial charge in [0.2, 0.25) is 5.89 Å². The van der Waals surface area contributed by atoms with Gasteiger partial charge in [0.05, 0.1) is 17.2 Å². The molecule has 0 N–H and O–H groups in total. The second kappa shape index (κ2) is 4.80. The molecule has 0 radical (unpaired) electrons. The van der Waals surface area contributed by atoms with Crippen LogP contribution in [0.3, 0.4) is 0 Å². The molecule has 2 heterocycles. The molecule has 6 nitrogen and oxygen atoms in total. The van der Waals surface area contributed by atoms with Crippen LogP contribution in [-0.4, -0.2) is 21.9 Å².